The molecule has 1 aromatic carbocycles. The fraction of sp³-hybridized carbons (Fsp3) is 0.517. The Morgan fingerprint density at radius 1 is 1.08 bits per heavy atom. The number of aromatic hydroxyl groups is 1. The van der Waals surface area contributed by atoms with E-state index >= 15 is 0 Å². The highest BCUT2D eigenvalue weighted by Gasteiger charge is 2.30. The van der Waals surface area contributed by atoms with Gasteiger partial charge in [0.25, 0.3) is 5.91 Å². The van der Waals surface area contributed by atoms with Gasteiger partial charge in [-0.15, -0.1) is 22.7 Å². The van der Waals surface area contributed by atoms with E-state index in [0.29, 0.717) is 28.9 Å². The number of carbonyl (C=O) groups excluding carboxylic acids is 1. The molecule has 3 heterocycles. The van der Waals surface area contributed by atoms with E-state index in [9.17, 15) is 9.90 Å². The van der Waals surface area contributed by atoms with Gasteiger partial charge in [-0.05, 0) is 54.2 Å². The van der Waals surface area contributed by atoms with E-state index in [2.05, 4.69) is 59.1 Å². The first-order valence-corrected chi connectivity index (χ1v) is 14.5. The lowest BCUT2D eigenvalue weighted by atomic mass is 9.78. The number of piperidine rings is 1. The number of hydrogen-bond donors (Lipinski definition) is 1. The second-order valence-electron chi connectivity index (χ2n) is 11.6. The normalized spacial score (nSPS) is 15.4. The van der Waals surface area contributed by atoms with Crippen molar-refractivity contribution in [2.45, 2.75) is 78.1 Å². The molecule has 1 aliphatic rings. The fourth-order valence-electron chi connectivity index (χ4n) is 4.73. The third kappa shape index (κ3) is 5.47. The summed E-state index contributed by atoms with van der Waals surface area (Å²) in [6.45, 7) is 16.7. The van der Waals surface area contributed by atoms with Crippen LogP contribution in [0.2, 0.25) is 0 Å². The van der Waals surface area contributed by atoms with Crippen molar-refractivity contribution in [3.8, 4) is 22.8 Å². The number of carbonyl (C=O) groups is 1. The van der Waals surface area contributed by atoms with Crippen molar-refractivity contribution >= 4 is 28.6 Å². The predicted molar refractivity (Wildman–Crippen MR) is 150 cm³/mol. The molecule has 0 atom stereocenters. The highest BCUT2D eigenvalue weighted by Crippen LogP contribution is 2.43. The molecule has 4 rings (SSSR count). The maximum absolute atomic E-state index is 13.1. The van der Waals surface area contributed by atoms with Crippen LogP contribution in [0.15, 0.2) is 29.0 Å². The van der Waals surface area contributed by atoms with E-state index < -0.39 is 0 Å². The Morgan fingerprint density at radius 2 is 1.69 bits per heavy atom. The van der Waals surface area contributed by atoms with Crippen LogP contribution in [0.3, 0.4) is 0 Å². The van der Waals surface area contributed by atoms with Gasteiger partial charge in [0.1, 0.15) is 16.4 Å². The molecule has 36 heavy (non-hydrogen) atoms. The maximum Gasteiger partial charge on any atom is 0.267 e. The van der Waals surface area contributed by atoms with Crippen LogP contribution in [0.1, 0.15) is 93.0 Å². The van der Waals surface area contributed by atoms with Crippen molar-refractivity contribution in [1.29, 1.82) is 0 Å². The molecule has 2 aromatic heterocycles. The molecule has 0 unspecified atom stereocenters. The van der Waals surface area contributed by atoms with Gasteiger partial charge in [0.05, 0.1) is 17.3 Å². The van der Waals surface area contributed by atoms with Gasteiger partial charge in [-0.3, -0.25) is 4.79 Å². The number of likely N-dealkylation sites (tertiary alicyclic amines) is 1. The lowest BCUT2D eigenvalue weighted by Gasteiger charge is -2.31. The van der Waals surface area contributed by atoms with Gasteiger partial charge in [-0.2, -0.15) is 0 Å². The zero-order valence-electron chi connectivity index (χ0n) is 22.5. The summed E-state index contributed by atoms with van der Waals surface area (Å²) in [6.07, 6.45) is 1.81. The summed E-state index contributed by atoms with van der Waals surface area (Å²) in [5, 5.41) is 16.3. The number of rotatable bonds is 5. The van der Waals surface area contributed by atoms with Crippen LogP contribution in [0.5, 0.6) is 11.5 Å². The van der Waals surface area contributed by atoms with E-state index in [0.717, 1.165) is 53.3 Å². The van der Waals surface area contributed by atoms with E-state index in [1.807, 2.05) is 23.3 Å². The summed E-state index contributed by atoms with van der Waals surface area (Å²) < 4.78 is 5.63. The molecule has 1 amide bonds. The molecule has 1 fully saturated rings. The summed E-state index contributed by atoms with van der Waals surface area (Å²) in [4.78, 5) is 20.8. The van der Waals surface area contributed by atoms with E-state index in [4.69, 9.17) is 9.72 Å². The van der Waals surface area contributed by atoms with Crippen molar-refractivity contribution in [1.82, 2.24) is 9.88 Å². The number of nitrogens with zero attached hydrogens (tertiary/aromatic N) is 2. The Morgan fingerprint density at radius 3 is 2.25 bits per heavy atom. The van der Waals surface area contributed by atoms with Crippen LogP contribution < -0.4 is 4.74 Å². The Balaban J connectivity index is 1.52. The highest BCUT2D eigenvalue weighted by atomic mass is 32.1. The number of thiophene rings is 1. The zero-order chi connectivity index (χ0) is 26.3. The minimum atomic E-state index is -0.178. The molecule has 0 radical (unpaired) electrons. The SMILES string of the molecule is CCOc1ccsc1C(=O)N1CCC(c2nc(-c3cc(C(C)(C)C)c(O)c(C(C)(C)C)c3)cs2)CC1. The van der Waals surface area contributed by atoms with Crippen LogP contribution in [0, 0.1) is 0 Å². The molecule has 0 spiro atoms. The third-order valence-electron chi connectivity index (χ3n) is 6.80. The Hall–Kier alpha value is -2.38. The highest BCUT2D eigenvalue weighted by molar-refractivity contribution is 7.12. The first-order valence-electron chi connectivity index (χ1n) is 12.7. The van der Waals surface area contributed by atoms with Gasteiger partial charge in [-0.25, -0.2) is 4.98 Å². The van der Waals surface area contributed by atoms with Crippen molar-refractivity contribution < 1.29 is 14.6 Å². The topological polar surface area (TPSA) is 62.7 Å². The van der Waals surface area contributed by atoms with Crippen LogP contribution in [0.25, 0.3) is 11.3 Å². The maximum atomic E-state index is 13.1. The summed E-state index contributed by atoms with van der Waals surface area (Å²) in [5.74, 6) is 1.51. The number of phenols is 1. The second-order valence-corrected chi connectivity index (χ2v) is 13.4. The lowest BCUT2D eigenvalue weighted by molar-refractivity contribution is 0.0714. The second kappa shape index (κ2) is 10.2. The molecule has 0 bridgehead atoms. The Kier molecular flexibility index (Phi) is 7.54. The fourth-order valence-corrected chi connectivity index (χ4v) is 6.53. The average Bonchev–Trinajstić information content (AvgIpc) is 3.48. The number of hydrogen-bond acceptors (Lipinski definition) is 6. The van der Waals surface area contributed by atoms with Gasteiger partial charge < -0.3 is 14.7 Å². The van der Waals surface area contributed by atoms with Gasteiger partial charge in [-0.1, -0.05) is 41.5 Å². The first-order chi connectivity index (χ1) is 16.9. The van der Waals surface area contributed by atoms with E-state index in [1.54, 1.807) is 11.3 Å². The van der Waals surface area contributed by atoms with Crippen molar-refractivity contribution in [3.63, 3.8) is 0 Å². The number of thiazole rings is 1. The van der Waals surface area contributed by atoms with Gasteiger partial charge in [0, 0.05) is 41.1 Å². The summed E-state index contributed by atoms with van der Waals surface area (Å²) in [5.41, 5.74) is 3.56. The Labute approximate surface area is 223 Å². The molecular weight excluding hydrogens is 488 g/mol. The molecule has 0 saturated carbocycles. The molecule has 7 heteroatoms. The number of phenolic OH excluding ortho intramolecular Hbond substituents is 1. The average molecular weight is 527 g/mol. The molecule has 0 aliphatic carbocycles. The molecule has 1 saturated heterocycles. The van der Waals surface area contributed by atoms with Crippen LogP contribution in [-0.2, 0) is 10.8 Å². The van der Waals surface area contributed by atoms with Gasteiger partial charge >= 0.3 is 0 Å². The smallest absolute Gasteiger partial charge is 0.267 e. The first kappa shape index (κ1) is 26.7. The summed E-state index contributed by atoms with van der Waals surface area (Å²) >= 11 is 3.15. The van der Waals surface area contributed by atoms with Crippen LogP contribution >= 0.6 is 22.7 Å². The summed E-state index contributed by atoms with van der Waals surface area (Å²) in [7, 11) is 0. The Bertz CT molecular complexity index is 1190. The van der Waals surface area contributed by atoms with Gasteiger partial charge in [0.2, 0.25) is 0 Å². The zero-order valence-corrected chi connectivity index (χ0v) is 24.1. The minimum Gasteiger partial charge on any atom is -0.507 e. The number of ether oxygens (including phenoxy) is 1. The molecular formula is C29H38N2O3S2. The van der Waals surface area contributed by atoms with E-state index in [-0.39, 0.29) is 16.7 Å². The third-order valence-corrected chi connectivity index (χ3v) is 8.69. The minimum absolute atomic E-state index is 0.0697. The number of benzene rings is 1. The molecule has 1 aliphatic heterocycles. The van der Waals surface area contributed by atoms with Crippen LogP contribution in [-0.4, -0.2) is 40.6 Å². The quantitative estimate of drug-likeness (QED) is 0.372. The number of amides is 1. The van der Waals surface area contributed by atoms with Crippen molar-refractivity contribution in [2.24, 2.45) is 0 Å². The number of aromatic nitrogens is 1. The molecule has 5 nitrogen and oxygen atoms in total. The summed E-state index contributed by atoms with van der Waals surface area (Å²) in [6, 6.07) is 6.08. The predicted octanol–water partition coefficient (Wildman–Crippen LogP) is 7.59. The standard InChI is InChI=1S/C29H38N2O3S2/c1-8-34-23-11-14-35-25(23)27(33)31-12-9-18(10-13-31)26-30-22(17-36-26)19-15-20(28(2,3)4)24(32)21(16-19)29(5,6)7/h11,14-18,32H,8-10,12-13H2,1-7H3. The largest absolute Gasteiger partial charge is 0.507 e. The van der Waals surface area contributed by atoms with Crippen LogP contribution in [0.4, 0.5) is 0 Å². The van der Waals surface area contributed by atoms with Gasteiger partial charge in [0.15, 0.2) is 0 Å². The molecule has 1 N–H and O–H groups in total. The van der Waals surface area contributed by atoms with Crippen molar-refractivity contribution in [2.75, 3.05) is 19.7 Å². The van der Waals surface area contributed by atoms with Crippen molar-refractivity contribution in [3.05, 3.63) is 50.0 Å². The lowest BCUT2D eigenvalue weighted by Crippen LogP contribution is -2.37. The monoisotopic (exact) mass is 526 g/mol. The van der Waals surface area contributed by atoms with E-state index in [1.165, 1.54) is 11.3 Å². The molecule has 3 aromatic rings. The molecule has 194 valence electrons.